The first-order valence-electron chi connectivity index (χ1n) is 20.0. The van der Waals surface area contributed by atoms with Gasteiger partial charge in [-0.2, -0.15) is 4.31 Å². The van der Waals surface area contributed by atoms with Gasteiger partial charge in [0.1, 0.15) is 15.7 Å². The Kier molecular flexibility index (Phi) is 12.4. The average Bonchev–Trinajstić information content (AvgIpc) is 3.87. The lowest BCUT2D eigenvalue weighted by Gasteiger charge is -2.46. The molecule has 0 spiro atoms. The summed E-state index contributed by atoms with van der Waals surface area (Å²) in [6, 6.07) is 32.1. The van der Waals surface area contributed by atoms with Crippen LogP contribution in [0.25, 0.3) is 11.1 Å². The third-order valence-corrected chi connectivity index (χ3v) is 15.7. The molecule has 8 rings (SSSR count). The van der Waals surface area contributed by atoms with E-state index in [1.54, 1.807) is 49.9 Å². The van der Waals surface area contributed by atoms with Crippen LogP contribution in [-0.4, -0.2) is 61.2 Å². The van der Waals surface area contributed by atoms with E-state index >= 15 is 4.79 Å². The molecule has 8 nitrogen and oxygen atoms in total. The van der Waals surface area contributed by atoms with Gasteiger partial charge in [0, 0.05) is 41.3 Å². The van der Waals surface area contributed by atoms with Crippen LogP contribution in [0, 0.1) is 5.41 Å². The molecule has 304 valence electrons. The van der Waals surface area contributed by atoms with E-state index in [0.717, 1.165) is 45.6 Å². The average molecular weight is 820 g/mol. The lowest BCUT2D eigenvalue weighted by Crippen LogP contribution is -2.53. The number of aliphatic hydroxyl groups excluding tert-OH is 1. The van der Waals surface area contributed by atoms with E-state index in [-0.39, 0.29) is 29.0 Å². The van der Waals surface area contributed by atoms with Crippen molar-refractivity contribution >= 4 is 27.1 Å². The Hall–Kier alpha value is -4.58. The molecule has 3 aliphatic carbocycles. The molecule has 10 heteroatoms. The van der Waals surface area contributed by atoms with Gasteiger partial charge in [-0.25, -0.2) is 8.42 Å². The number of sulfonamides is 1. The minimum absolute atomic E-state index is 0.0352. The van der Waals surface area contributed by atoms with Crippen LogP contribution in [0.3, 0.4) is 0 Å². The molecule has 1 aromatic heterocycles. The first-order valence-corrected chi connectivity index (χ1v) is 22.3. The second-order valence-electron chi connectivity index (χ2n) is 16.1. The smallest absolute Gasteiger partial charge is 0.252 e. The van der Waals surface area contributed by atoms with Crippen LogP contribution in [0.15, 0.2) is 124 Å². The number of benzene rings is 4. The maximum absolute atomic E-state index is 15.1. The van der Waals surface area contributed by atoms with Gasteiger partial charge >= 0.3 is 0 Å². The molecule has 1 heterocycles. The second-order valence-corrected chi connectivity index (χ2v) is 19.2. The van der Waals surface area contributed by atoms with Crippen molar-refractivity contribution in [2.45, 2.75) is 87.2 Å². The lowest BCUT2D eigenvalue weighted by molar-refractivity contribution is -0.0732. The zero-order valence-corrected chi connectivity index (χ0v) is 35.3. The molecule has 1 fully saturated rings. The number of rotatable bonds is 11. The summed E-state index contributed by atoms with van der Waals surface area (Å²) in [6.07, 6.45) is 5.37. The van der Waals surface area contributed by atoms with Crippen molar-refractivity contribution in [3.05, 3.63) is 148 Å². The highest BCUT2D eigenvalue weighted by Crippen LogP contribution is 2.59. The summed E-state index contributed by atoms with van der Waals surface area (Å²) >= 11 is 1.14. The third-order valence-electron chi connectivity index (χ3n) is 12.5. The summed E-state index contributed by atoms with van der Waals surface area (Å²) < 4.78 is 41.9. The molecule has 0 radical (unpaired) electrons. The Bertz CT molecular complexity index is 2380. The number of nitrogens with zero attached hydrogens (tertiary/aromatic N) is 1. The van der Waals surface area contributed by atoms with Crippen molar-refractivity contribution < 1.29 is 32.9 Å². The second kappa shape index (κ2) is 17.3. The SMILES string of the molecule is COc1ccc(CN(CC2(O)CCC3c4ccc(cc4C(=O)c4ccccc4-c4ccccc4)CC(O)CCC(C)=CCCC32C)S(=O)(=O)c2cccs2)c(OC)c1. The highest BCUT2D eigenvalue weighted by atomic mass is 32.2. The molecule has 0 amide bonds. The number of hydrogen-bond acceptors (Lipinski definition) is 8. The number of ketones is 1. The standard InChI is InChI=1S/C48H53NO7S2/c1-33-12-10-25-47(2)43(24-26-48(47,52)32-49(58(53,54)45-17-11-27-57-45)31-36-20-22-38(55-3)30-44(36)56-4)40-23-19-34(28-37(50)21-18-33)29-42(40)46(51)41-16-9-8-15-39(41)35-13-6-5-7-14-35/h5-9,11-17,19-20,22-23,27,29-30,37,43,50,52H,10,18,21,24-26,28,31-32H2,1-4H3. The van der Waals surface area contributed by atoms with Crippen LogP contribution < -0.4 is 9.47 Å². The number of methoxy groups -OCH3 is 2. The number of allylic oxidation sites excluding steroid dienone is 2. The highest BCUT2D eigenvalue weighted by Gasteiger charge is 2.58. The Morgan fingerprint density at radius 2 is 1.67 bits per heavy atom. The molecule has 2 bridgehead atoms. The number of carbonyl (C=O) groups excluding carboxylic acids is 1. The van der Waals surface area contributed by atoms with Crippen LogP contribution in [0.5, 0.6) is 11.5 Å². The molecule has 1 saturated carbocycles. The van der Waals surface area contributed by atoms with E-state index in [1.807, 2.05) is 72.8 Å². The van der Waals surface area contributed by atoms with E-state index in [0.29, 0.717) is 66.7 Å². The molecule has 0 aliphatic heterocycles. The van der Waals surface area contributed by atoms with Crippen molar-refractivity contribution in [1.29, 1.82) is 0 Å². The van der Waals surface area contributed by atoms with Gasteiger partial charge in [0.05, 0.1) is 25.9 Å². The number of hydrogen-bond donors (Lipinski definition) is 2. The first-order chi connectivity index (χ1) is 27.9. The van der Waals surface area contributed by atoms with Gasteiger partial charge < -0.3 is 19.7 Å². The van der Waals surface area contributed by atoms with Crippen molar-refractivity contribution in [2.75, 3.05) is 20.8 Å². The fraction of sp³-hybridized carbons (Fsp3) is 0.354. The summed E-state index contributed by atoms with van der Waals surface area (Å²) in [5.74, 6) is 0.645. The van der Waals surface area contributed by atoms with Gasteiger partial charge in [-0.1, -0.05) is 97.4 Å². The fourth-order valence-electron chi connectivity index (χ4n) is 9.12. The van der Waals surface area contributed by atoms with E-state index in [4.69, 9.17) is 9.47 Å². The summed E-state index contributed by atoms with van der Waals surface area (Å²) in [7, 11) is -0.966. The lowest BCUT2D eigenvalue weighted by atomic mass is 9.64. The molecule has 4 unspecified atom stereocenters. The van der Waals surface area contributed by atoms with Gasteiger partial charge in [0.15, 0.2) is 5.78 Å². The Labute approximate surface area is 346 Å². The van der Waals surface area contributed by atoms with Gasteiger partial charge in [0.2, 0.25) is 0 Å². The summed E-state index contributed by atoms with van der Waals surface area (Å²) in [4.78, 5) is 15.1. The van der Waals surface area contributed by atoms with Gasteiger partial charge in [0.25, 0.3) is 10.0 Å². The van der Waals surface area contributed by atoms with Gasteiger partial charge in [-0.3, -0.25) is 4.79 Å². The van der Waals surface area contributed by atoms with Crippen molar-refractivity contribution in [3.63, 3.8) is 0 Å². The first kappa shape index (κ1) is 41.6. The number of carbonyl (C=O) groups is 1. The minimum atomic E-state index is -4.07. The fourth-order valence-corrected chi connectivity index (χ4v) is 11.7. The van der Waals surface area contributed by atoms with Crippen LogP contribution in [-0.2, 0) is 23.0 Å². The molecule has 5 aromatic rings. The van der Waals surface area contributed by atoms with Gasteiger partial charge in [-0.15, -0.1) is 11.3 Å². The third kappa shape index (κ3) is 8.31. The van der Waals surface area contributed by atoms with Gasteiger partial charge in [-0.05, 0) is 104 Å². The van der Waals surface area contributed by atoms with Crippen LogP contribution >= 0.6 is 11.3 Å². The predicted molar refractivity (Wildman–Crippen MR) is 230 cm³/mol. The molecule has 2 N–H and O–H groups in total. The Balaban J connectivity index is 1.35. The molecule has 0 saturated heterocycles. The van der Waals surface area contributed by atoms with Crippen molar-refractivity contribution in [1.82, 2.24) is 4.31 Å². The van der Waals surface area contributed by atoms with E-state index < -0.39 is 27.1 Å². The van der Waals surface area contributed by atoms with Crippen LogP contribution in [0.1, 0.15) is 90.9 Å². The Morgan fingerprint density at radius 1 is 0.897 bits per heavy atom. The normalized spacial score (nSPS) is 22.6. The van der Waals surface area contributed by atoms with Crippen molar-refractivity contribution in [3.8, 4) is 22.6 Å². The minimum Gasteiger partial charge on any atom is -0.497 e. The van der Waals surface area contributed by atoms with E-state index in [2.05, 4.69) is 19.9 Å². The molecular formula is C48H53NO7S2. The molecule has 58 heavy (non-hydrogen) atoms. The molecule has 4 atom stereocenters. The zero-order chi connectivity index (χ0) is 41.1. The zero-order valence-electron chi connectivity index (χ0n) is 33.7. The maximum Gasteiger partial charge on any atom is 0.252 e. The number of thiophene rings is 1. The van der Waals surface area contributed by atoms with E-state index in [1.165, 1.54) is 4.31 Å². The topological polar surface area (TPSA) is 113 Å². The maximum atomic E-state index is 15.1. The van der Waals surface area contributed by atoms with Crippen LogP contribution in [0.2, 0.25) is 0 Å². The number of aliphatic hydroxyl groups is 2. The van der Waals surface area contributed by atoms with Crippen LogP contribution in [0.4, 0.5) is 0 Å². The highest BCUT2D eigenvalue weighted by molar-refractivity contribution is 7.91. The molecule has 4 aromatic carbocycles. The Morgan fingerprint density at radius 3 is 2.41 bits per heavy atom. The summed E-state index contributed by atoms with van der Waals surface area (Å²) in [6.45, 7) is 3.95. The monoisotopic (exact) mass is 819 g/mol. The number of fused-ring (bicyclic) bond motifs is 8. The summed E-state index contributed by atoms with van der Waals surface area (Å²) in [5.41, 5.74) is 4.02. The number of ether oxygens (including phenoxy) is 2. The molecular weight excluding hydrogens is 767 g/mol. The largest absolute Gasteiger partial charge is 0.497 e. The summed E-state index contributed by atoms with van der Waals surface area (Å²) in [5, 5.41) is 26.1. The predicted octanol–water partition coefficient (Wildman–Crippen LogP) is 9.59. The van der Waals surface area contributed by atoms with E-state index in [9.17, 15) is 18.6 Å². The molecule has 3 aliphatic rings. The quantitative estimate of drug-likeness (QED) is 0.101. The van der Waals surface area contributed by atoms with Crippen molar-refractivity contribution in [2.24, 2.45) is 5.41 Å².